The monoisotopic (exact) mass is 270 g/mol. The number of pyridine rings is 1. The fraction of sp³-hybridized carbons (Fsp3) is 0.353. The lowest BCUT2D eigenvalue weighted by atomic mass is 9.95. The van der Waals surface area contributed by atoms with Crippen molar-refractivity contribution in [3.05, 3.63) is 66.0 Å². The molecular weight excluding hydrogens is 248 g/mol. The molecule has 0 aliphatic rings. The van der Waals surface area contributed by atoms with Gasteiger partial charge in [-0.15, -0.1) is 0 Å². The first kappa shape index (κ1) is 14.7. The third-order valence-corrected chi connectivity index (χ3v) is 3.51. The van der Waals surface area contributed by atoms with Gasteiger partial charge in [-0.25, -0.2) is 0 Å². The van der Waals surface area contributed by atoms with Gasteiger partial charge in [0.1, 0.15) is 0 Å². The Balaban J connectivity index is 1.89. The summed E-state index contributed by atoms with van der Waals surface area (Å²) in [7, 11) is 2.04. The fourth-order valence-electron chi connectivity index (χ4n) is 2.36. The van der Waals surface area contributed by atoms with E-state index in [4.69, 9.17) is 0 Å². The second-order valence-corrected chi connectivity index (χ2v) is 5.48. The van der Waals surface area contributed by atoms with Crippen LogP contribution in [0.2, 0.25) is 0 Å². The predicted molar refractivity (Wildman–Crippen MR) is 81.5 cm³/mol. The van der Waals surface area contributed by atoms with Crippen LogP contribution in [0.15, 0.2) is 54.9 Å². The minimum absolute atomic E-state index is 0.613. The van der Waals surface area contributed by atoms with Gasteiger partial charge in [-0.3, -0.25) is 4.98 Å². The zero-order valence-electron chi connectivity index (χ0n) is 12.2. The lowest BCUT2D eigenvalue weighted by molar-refractivity contribution is 0.0237. The summed E-state index contributed by atoms with van der Waals surface area (Å²) in [5.74, 6) is 0. The molecule has 1 heterocycles. The molecule has 3 nitrogen and oxygen atoms in total. The Hall–Kier alpha value is -1.71. The number of aromatic nitrogens is 1. The van der Waals surface area contributed by atoms with Crippen molar-refractivity contribution < 1.29 is 5.11 Å². The highest BCUT2D eigenvalue weighted by Gasteiger charge is 2.24. The van der Waals surface area contributed by atoms with E-state index in [1.54, 1.807) is 0 Å². The number of rotatable bonds is 6. The van der Waals surface area contributed by atoms with Crippen molar-refractivity contribution in [3.63, 3.8) is 0 Å². The molecule has 1 aromatic heterocycles. The highest BCUT2D eigenvalue weighted by Crippen LogP contribution is 2.21. The van der Waals surface area contributed by atoms with Gasteiger partial charge < -0.3 is 10.0 Å². The Morgan fingerprint density at radius 3 is 2.40 bits per heavy atom. The summed E-state index contributed by atoms with van der Waals surface area (Å²) in [6, 6.07) is 13.9. The molecule has 0 aliphatic carbocycles. The van der Waals surface area contributed by atoms with Crippen LogP contribution in [0.25, 0.3) is 0 Å². The number of aliphatic hydroxyl groups is 1. The predicted octanol–water partition coefficient (Wildman–Crippen LogP) is 2.46. The quantitative estimate of drug-likeness (QED) is 0.876. The molecule has 106 valence electrons. The Kier molecular flexibility index (Phi) is 4.88. The van der Waals surface area contributed by atoms with Gasteiger partial charge >= 0.3 is 0 Å². The Morgan fingerprint density at radius 1 is 1.10 bits per heavy atom. The lowest BCUT2D eigenvalue weighted by Crippen LogP contribution is -2.37. The Bertz CT molecular complexity index is 511. The maximum Gasteiger partial charge on any atom is 0.0994 e. The number of hydrogen-bond acceptors (Lipinski definition) is 3. The molecule has 1 aromatic carbocycles. The first-order chi connectivity index (χ1) is 9.58. The van der Waals surface area contributed by atoms with Crippen LogP contribution in [-0.4, -0.2) is 35.1 Å². The van der Waals surface area contributed by atoms with Gasteiger partial charge in [-0.2, -0.15) is 0 Å². The van der Waals surface area contributed by atoms with Crippen LogP contribution in [0.1, 0.15) is 18.1 Å². The topological polar surface area (TPSA) is 36.4 Å². The van der Waals surface area contributed by atoms with Gasteiger partial charge in [-0.05, 0) is 43.7 Å². The largest absolute Gasteiger partial charge is 0.384 e. The Labute approximate surface area is 120 Å². The second kappa shape index (κ2) is 6.64. The SMILES string of the molecule is CN(CCc1ccncc1)CC(C)(O)c1ccccc1. The number of hydrogen-bond donors (Lipinski definition) is 1. The minimum atomic E-state index is -0.825. The third kappa shape index (κ3) is 4.15. The summed E-state index contributed by atoms with van der Waals surface area (Å²) in [4.78, 5) is 6.18. The van der Waals surface area contributed by atoms with E-state index in [0.717, 1.165) is 18.5 Å². The minimum Gasteiger partial charge on any atom is -0.384 e. The van der Waals surface area contributed by atoms with Gasteiger partial charge in [-0.1, -0.05) is 30.3 Å². The summed E-state index contributed by atoms with van der Waals surface area (Å²) < 4.78 is 0. The molecule has 3 heteroatoms. The summed E-state index contributed by atoms with van der Waals surface area (Å²) in [6.07, 6.45) is 4.59. The molecule has 0 amide bonds. The van der Waals surface area contributed by atoms with Crippen LogP contribution in [0.3, 0.4) is 0 Å². The maximum atomic E-state index is 10.6. The molecule has 1 atom stereocenters. The van der Waals surface area contributed by atoms with E-state index in [1.807, 2.05) is 68.8 Å². The van der Waals surface area contributed by atoms with E-state index in [2.05, 4.69) is 9.88 Å². The van der Waals surface area contributed by atoms with Crippen LogP contribution in [-0.2, 0) is 12.0 Å². The molecule has 2 rings (SSSR count). The summed E-state index contributed by atoms with van der Waals surface area (Å²) in [5.41, 5.74) is 1.40. The molecule has 0 saturated carbocycles. The molecule has 0 radical (unpaired) electrons. The summed E-state index contributed by atoms with van der Waals surface area (Å²) in [5, 5.41) is 10.6. The van der Waals surface area contributed by atoms with E-state index in [-0.39, 0.29) is 0 Å². The lowest BCUT2D eigenvalue weighted by Gasteiger charge is -2.29. The van der Waals surface area contributed by atoms with E-state index >= 15 is 0 Å². The zero-order valence-corrected chi connectivity index (χ0v) is 12.2. The van der Waals surface area contributed by atoms with Gasteiger partial charge in [0.25, 0.3) is 0 Å². The average Bonchev–Trinajstić information content (AvgIpc) is 2.47. The number of benzene rings is 1. The molecule has 0 aliphatic heterocycles. The van der Waals surface area contributed by atoms with Gasteiger partial charge in [0, 0.05) is 25.5 Å². The summed E-state index contributed by atoms with van der Waals surface area (Å²) in [6.45, 7) is 3.39. The van der Waals surface area contributed by atoms with Crippen molar-refractivity contribution in [2.75, 3.05) is 20.1 Å². The number of likely N-dealkylation sites (N-methyl/N-ethyl adjacent to an activating group) is 1. The van der Waals surface area contributed by atoms with Crippen molar-refractivity contribution in [2.24, 2.45) is 0 Å². The van der Waals surface area contributed by atoms with Gasteiger partial charge in [0.15, 0.2) is 0 Å². The van der Waals surface area contributed by atoms with Gasteiger partial charge in [0.2, 0.25) is 0 Å². The third-order valence-electron chi connectivity index (χ3n) is 3.51. The molecular formula is C17H22N2O. The molecule has 0 saturated heterocycles. The van der Waals surface area contributed by atoms with Crippen LogP contribution in [0.4, 0.5) is 0 Å². The number of nitrogens with zero attached hydrogens (tertiary/aromatic N) is 2. The van der Waals surface area contributed by atoms with Crippen molar-refractivity contribution in [3.8, 4) is 0 Å². The molecule has 20 heavy (non-hydrogen) atoms. The molecule has 0 fully saturated rings. The van der Waals surface area contributed by atoms with E-state index in [9.17, 15) is 5.11 Å². The normalized spacial score (nSPS) is 14.2. The van der Waals surface area contributed by atoms with Crippen molar-refractivity contribution in [1.29, 1.82) is 0 Å². The van der Waals surface area contributed by atoms with Crippen LogP contribution in [0.5, 0.6) is 0 Å². The maximum absolute atomic E-state index is 10.6. The standard InChI is InChI=1S/C17H22N2O/c1-17(20,16-6-4-3-5-7-16)14-19(2)13-10-15-8-11-18-12-9-15/h3-9,11-12,20H,10,13-14H2,1-2H3. The highest BCUT2D eigenvalue weighted by atomic mass is 16.3. The van der Waals surface area contributed by atoms with Crippen molar-refractivity contribution in [1.82, 2.24) is 9.88 Å². The Morgan fingerprint density at radius 2 is 1.75 bits per heavy atom. The zero-order chi connectivity index (χ0) is 14.4. The van der Waals surface area contributed by atoms with Gasteiger partial charge in [0.05, 0.1) is 5.60 Å². The molecule has 1 N–H and O–H groups in total. The molecule has 1 unspecified atom stereocenters. The first-order valence-electron chi connectivity index (χ1n) is 6.93. The second-order valence-electron chi connectivity index (χ2n) is 5.48. The molecule has 0 spiro atoms. The van der Waals surface area contributed by atoms with Crippen molar-refractivity contribution in [2.45, 2.75) is 18.9 Å². The average molecular weight is 270 g/mol. The van der Waals surface area contributed by atoms with E-state index < -0.39 is 5.60 Å². The molecule has 2 aromatic rings. The fourth-order valence-corrected chi connectivity index (χ4v) is 2.36. The van der Waals surface area contributed by atoms with E-state index in [1.165, 1.54) is 5.56 Å². The highest BCUT2D eigenvalue weighted by molar-refractivity contribution is 5.21. The summed E-state index contributed by atoms with van der Waals surface area (Å²) >= 11 is 0. The first-order valence-corrected chi connectivity index (χ1v) is 6.93. The van der Waals surface area contributed by atoms with E-state index in [0.29, 0.717) is 6.54 Å². The van der Waals surface area contributed by atoms with Crippen molar-refractivity contribution >= 4 is 0 Å². The van der Waals surface area contributed by atoms with Crippen LogP contribution >= 0.6 is 0 Å². The van der Waals surface area contributed by atoms with Crippen LogP contribution in [0, 0.1) is 0 Å². The van der Waals surface area contributed by atoms with Crippen LogP contribution < -0.4 is 0 Å². The smallest absolute Gasteiger partial charge is 0.0994 e. The molecule has 0 bridgehead atoms.